The maximum absolute atomic E-state index is 4.89. The van der Waals surface area contributed by atoms with Crippen LogP contribution in [0.15, 0.2) is 23.5 Å². The van der Waals surface area contributed by atoms with Crippen molar-refractivity contribution in [2.45, 2.75) is 33.1 Å². The number of halogens is 1. The number of piperazine rings is 1. The number of piperidine rings is 1. The summed E-state index contributed by atoms with van der Waals surface area (Å²) in [6.45, 7) is 13.8. The Morgan fingerprint density at radius 2 is 1.93 bits per heavy atom. The van der Waals surface area contributed by atoms with Gasteiger partial charge in [0.05, 0.1) is 0 Å². The van der Waals surface area contributed by atoms with E-state index >= 15 is 0 Å². The van der Waals surface area contributed by atoms with E-state index in [0.29, 0.717) is 0 Å². The number of aromatic nitrogens is 2. The fraction of sp³-hybridized carbons (Fsp3) is 0.750. The van der Waals surface area contributed by atoms with Gasteiger partial charge < -0.3 is 20.0 Å². The standard InChI is InChI=1S/C20H35N7.HI/c1-3-21-19(24-10-6-12-25-11-4-7-18(2)17-25)26-13-15-27(16-14-26)20-22-8-5-9-23-20;/h5,8-9,18H,3-4,6-7,10-17H2,1-2H3,(H,21,24);1H. The molecule has 0 saturated carbocycles. The number of rotatable bonds is 6. The van der Waals surface area contributed by atoms with E-state index in [0.717, 1.165) is 63.5 Å². The molecule has 0 spiro atoms. The molecule has 0 aromatic carbocycles. The first-order chi connectivity index (χ1) is 13.3. The molecule has 1 N–H and O–H groups in total. The van der Waals surface area contributed by atoms with Crippen LogP contribution < -0.4 is 10.2 Å². The van der Waals surface area contributed by atoms with Crippen LogP contribution in [0.1, 0.15) is 33.1 Å². The molecule has 1 atom stereocenters. The van der Waals surface area contributed by atoms with Crippen molar-refractivity contribution in [3.05, 3.63) is 18.5 Å². The summed E-state index contributed by atoms with van der Waals surface area (Å²) >= 11 is 0. The highest BCUT2D eigenvalue weighted by Crippen LogP contribution is 2.15. The van der Waals surface area contributed by atoms with E-state index in [1.165, 1.54) is 32.5 Å². The number of nitrogens with one attached hydrogen (secondary N) is 1. The molecule has 1 aromatic heterocycles. The average Bonchev–Trinajstić information content (AvgIpc) is 2.71. The zero-order valence-electron chi connectivity index (χ0n) is 17.4. The SMILES string of the molecule is CCNC(=NCCCN1CCCC(C)C1)N1CCN(c2ncccn2)CC1.I. The highest BCUT2D eigenvalue weighted by atomic mass is 127. The molecule has 0 amide bonds. The van der Waals surface area contributed by atoms with Gasteiger partial charge in [-0.25, -0.2) is 9.97 Å². The van der Waals surface area contributed by atoms with Crippen LogP contribution in [0.4, 0.5) is 5.95 Å². The molecule has 1 unspecified atom stereocenters. The Balaban J connectivity index is 0.00000280. The number of hydrogen-bond acceptors (Lipinski definition) is 5. The highest BCUT2D eigenvalue weighted by molar-refractivity contribution is 14.0. The van der Waals surface area contributed by atoms with Crippen molar-refractivity contribution in [3.8, 4) is 0 Å². The largest absolute Gasteiger partial charge is 0.357 e. The summed E-state index contributed by atoms with van der Waals surface area (Å²) < 4.78 is 0. The quantitative estimate of drug-likeness (QED) is 0.280. The number of nitrogens with zero attached hydrogens (tertiary/aromatic N) is 6. The van der Waals surface area contributed by atoms with Gasteiger partial charge in [-0.1, -0.05) is 6.92 Å². The zero-order valence-corrected chi connectivity index (χ0v) is 19.7. The van der Waals surface area contributed by atoms with Crippen molar-refractivity contribution in [3.63, 3.8) is 0 Å². The van der Waals surface area contributed by atoms with Crippen LogP contribution in [0, 0.1) is 5.92 Å². The molecule has 2 fully saturated rings. The van der Waals surface area contributed by atoms with Crippen molar-refractivity contribution in [2.75, 3.05) is 63.8 Å². The molecule has 0 radical (unpaired) electrons. The molecule has 158 valence electrons. The second-order valence-electron chi connectivity index (χ2n) is 7.66. The molecule has 0 aliphatic carbocycles. The summed E-state index contributed by atoms with van der Waals surface area (Å²) in [5, 5.41) is 3.46. The molecule has 2 aliphatic heterocycles. The monoisotopic (exact) mass is 501 g/mol. The third kappa shape index (κ3) is 7.02. The van der Waals surface area contributed by atoms with E-state index in [4.69, 9.17) is 4.99 Å². The smallest absolute Gasteiger partial charge is 0.225 e. The summed E-state index contributed by atoms with van der Waals surface area (Å²) in [7, 11) is 0. The lowest BCUT2D eigenvalue weighted by molar-refractivity contribution is 0.183. The van der Waals surface area contributed by atoms with Crippen molar-refractivity contribution in [1.29, 1.82) is 0 Å². The van der Waals surface area contributed by atoms with Gasteiger partial charge in [-0.3, -0.25) is 4.99 Å². The fourth-order valence-electron chi connectivity index (χ4n) is 3.97. The predicted octanol–water partition coefficient (Wildman–Crippen LogP) is 2.30. The zero-order chi connectivity index (χ0) is 18.9. The number of aliphatic imine (C=N–C) groups is 1. The molecule has 7 nitrogen and oxygen atoms in total. The van der Waals surface area contributed by atoms with E-state index < -0.39 is 0 Å². The third-order valence-electron chi connectivity index (χ3n) is 5.38. The van der Waals surface area contributed by atoms with Crippen LogP contribution >= 0.6 is 24.0 Å². The lowest BCUT2D eigenvalue weighted by Crippen LogP contribution is -2.53. The van der Waals surface area contributed by atoms with Crippen LogP contribution in [0.2, 0.25) is 0 Å². The van der Waals surface area contributed by atoms with E-state index in [2.05, 4.69) is 43.8 Å². The number of guanidine groups is 1. The molecule has 28 heavy (non-hydrogen) atoms. The van der Waals surface area contributed by atoms with Gasteiger partial charge in [0.1, 0.15) is 0 Å². The van der Waals surface area contributed by atoms with Crippen LogP contribution in [-0.4, -0.2) is 84.6 Å². The Morgan fingerprint density at radius 3 is 2.61 bits per heavy atom. The maximum atomic E-state index is 4.89. The van der Waals surface area contributed by atoms with Crippen molar-refractivity contribution >= 4 is 35.9 Å². The topological polar surface area (TPSA) is 59.9 Å². The molecule has 2 aliphatic rings. The Hall–Kier alpha value is -1.16. The molecule has 1 aromatic rings. The van der Waals surface area contributed by atoms with Crippen LogP contribution in [0.3, 0.4) is 0 Å². The van der Waals surface area contributed by atoms with Crippen LogP contribution in [0.5, 0.6) is 0 Å². The van der Waals surface area contributed by atoms with Crippen molar-refractivity contribution in [1.82, 2.24) is 25.1 Å². The van der Waals surface area contributed by atoms with Gasteiger partial charge in [-0.05, 0) is 51.3 Å². The van der Waals surface area contributed by atoms with Crippen molar-refractivity contribution < 1.29 is 0 Å². The van der Waals surface area contributed by atoms with Crippen LogP contribution in [0.25, 0.3) is 0 Å². The highest BCUT2D eigenvalue weighted by Gasteiger charge is 2.21. The Labute approximate surface area is 187 Å². The molecule has 3 heterocycles. The van der Waals surface area contributed by atoms with E-state index in [1.807, 2.05) is 18.5 Å². The fourth-order valence-corrected chi connectivity index (χ4v) is 3.97. The lowest BCUT2D eigenvalue weighted by atomic mass is 10.0. The lowest BCUT2D eigenvalue weighted by Gasteiger charge is -2.36. The average molecular weight is 501 g/mol. The Morgan fingerprint density at radius 1 is 1.18 bits per heavy atom. The summed E-state index contributed by atoms with van der Waals surface area (Å²) in [6.07, 6.45) is 7.49. The first-order valence-corrected chi connectivity index (χ1v) is 10.5. The maximum Gasteiger partial charge on any atom is 0.225 e. The van der Waals surface area contributed by atoms with Gasteiger partial charge in [-0.15, -0.1) is 24.0 Å². The van der Waals surface area contributed by atoms with Crippen molar-refractivity contribution in [2.24, 2.45) is 10.9 Å². The van der Waals surface area contributed by atoms with Gasteiger partial charge in [-0.2, -0.15) is 0 Å². The van der Waals surface area contributed by atoms with Gasteiger partial charge in [0.15, 0.2) is 5.96 Å². The summed E-state index contributed by atoms with van der Waals surface area (Å²) in [4.78, 5) is 20.8. The molecular weight excluding hydrogens is 465 g/mol. The first-order valence-electron chi connectivity index (χ1n) is 10.5. The minimum absolute atomic E-state index is 0. The van der Waals surface area contributed by atoms with Gasteiger partial charge in [0, 0.05) is 58.2 Å². The molecule has 8 heteroatoms. The second-order valence-corrected chi connectivity index (χ2v) is 7.66. The number of anilines is 1. The minimum atomic E-state index is 0. The summed E-state index contributed by atoms with van der Waals surface area (Å²) in [5.41, 5.74) is 0. The number of hydrogen-bond donors (Lipinski definition) is 1. The second kappa shape index (κ2) is 12.4. The van der Waals surface area contributed by atoms with E-state index in [1.54, 1.807) is 0 Å². The predicted molar refractivity (Wildman–Crippen MR) is 127 cm³/mol. The Bertz CT molecular complexity index is 575. The first kappa shape index (κ1) is 23.1. The van der Waals surface area contributed by atoms with E-state index in [-0.39, 0.29) is 24.0 Å². The third-order valence-corrected chi connectivity index (χ3v) is 5.38. The van der Waals surface area contributed by atoms with Gasteiger partial charge in [0.25, 0.3) is 0 Å². The molecule has 3 rings (SSSR count). The molecular formula is C20H36IN7. The minimum Gasteiger partial charge on any atom is -0.357 e. The molecule has 0 bridgehead atoms. The van der Waals surface area contributed by atoms with Crippen LogP contribution in [-0.2, 0) is 0 Å². The normalized spacial score (nSPS) is 21.4. The van der Waals surface area contributed by atoms with E-state index in [9.17, 15) is 0 Å². The number of likely N-dealkylation sites (tertiary alicyclic amines) is 1. The Kier molecular flexibility index (Phi) is 10.3. The van der Waals surface area contributed by atoms with Gasteiger partial charge >= 0.3 is 0 Å². The summed E-state index contributed by atoms with van der Waals surface area (Å²) in [5.74, 6) is 2.73. The van der Waals surface area contributed by atoms with Gasteiger partial charge in [0.2, 0.25) is 5.95 Å². The summed E-state index contributed by atoms with van der Waals surface area (Å²) in [6, 6.07) is 1.86. The molecule has 2 saturated heterocycles.